The third kappa shape index (κ3) is 6.56. The summed E-state index contributed by atoms with van der Waals surface area (Å²) in [5.41, 5.74) is 5.96. The first kappa shape index (κ1) is 38.8. The van der Waals surface area contributed by atoms with Gasteiger partial charge in [0.2, 0.25) is 21.0 Å². The molecule has 2 bridgehead atoms. The predicted octanol–water partition coefficient (Wildman–Crippen LogP) is 6.24. The fourth-order valence-electron chi connectivity index (χ4n) is 8.86. The van der Waals surface area contributed by atoms with Gasteiger partial charge < -0.3 is 38.5 Å². The van der Waals surface area contributed by atoms with Crippen LogP contribution in [0.15, 0.2) is 30.3 Å². The Kier molecular flexibility index (Phi) is 10.3. The molecule has 55 heavy (non-hydrogen) atoms. The van der Waals surface area contributed by atoms with Crippen LogP contribution in [0.5, 0.6) is 34.5 Å². The number of carbonyl (C=O) groups is 1. The molecular weight excluding hydrogens is 717 g/mol. The summed E-state index contributed by atoms with van der Waals surface area (Å²) in [4.78, 5) is 18.3. The van der Waals surface area contributed by atoms with E-state index >= 15 is 0 Å². The van der Waals surface area contributed by atoms with E-state index in [1.165, 1.54) is 0 Å². The quantitative estimate of drug-likeness (QED) is 0.179. The van der Waals surface area contributed by atoms with Crippen molar-refractivity contribution >= 4 is 14.2 Å². The van der Waals surface area contributed by atoms with Crippen molar-refractivity contribution in [3.05, 3.63) is 69.3 Å². The molecule has 0 unspecified atom stereocenters. The molecule has 1 amide bonds. The average Bonchev–Trinajstić information content (AvgIpc) is 3.62. The molecule has 13 heteroatoms. The Bertz CT molecular complexity index is 2020. The lowest BCUT2D eigenvalue weighted by molar-refractivity contribution is -0.121. The Morgan fingerprint density at radius 3 is 2.42 bits per heavy atom. The molecule has 12 nitrogen and oxygen atoms in total. The van der Waals surface area contributed by atoms with Crippen molar-refractivity contribution in [2.45, 2.75) is 102 Å². The maximum atomic E-state index is 13.8. The first-order valence-corrected chi connectivity index (χ1v) is 21.9. The maximum Gasteiger partial charge on any atom is 0.250 e. The zero-order valence-electron chi connectivity index (χ0n) is 33.7. The van der Waals surface area contributed by atoms with Crippen LogP contribution in [-0.4, -0.2) is 88.7 Å². The summed E-state index contributed by atoms with van der Waals surface area (Å²) >= 11 is 0. The van der Waals surface area contributed by atoms with Crippen molar-refractivity contribution in [1.29, 1.82) is 5.26 Å². The van der Waals surface area contributed by atoms with Crippen molar-refractivity contribution in [1.82, 2.24) is 15.1 Å². The van der Waals surface area contributed by atoms with Crippen molar-refractivity contribution in [2.75, 3.05) is 41.4 Å². The minimum atomic E-state index is -2.01. The third-order valence-corrected chi connectivity index (χ3v) is 16.9. The van der Waals surface area contributed by atoms with E-state index in [1.54, 1.807) is 14.2 Å². The lowest BCUT2D eigenvalue weighted by Gasteiger charge is -2.60. The lowest BCUT2D eigenvalue weighted by Crippen LogP contribution is -2.68. The SMILES string of the molecule is COCOc1c(OC)c(C)cc2c1[C@@H]1[C@@H]3Cc4c(O)c(C)c5c(c4[C@H](CNC(=O)Cc4ccc(O[Si](C)(C)C(C)(C)C)cc4)N3[C@@H](C#N)[C@@H](C2)N1C)OCO5. The van der Waals surface area contributed by atoms with Crippen LogP contribution in [0.4, 0.5) is 0 Å². The Hall–Kier alpha value is -4.48. The first-order chi connectivity index (χ1) is 26.1. The van der Waals surface area contributed by atoms with Gasteiger partial charge in [0, 0.05) is 48.0 Å². The molecular formula is C42H54N4O8Si. The number of amides is 1. The normalized spacial score (nSPS) is 22.9. The number of aryl methyl sites for hydroxylation is 1. The Morgan fingerprint density at radius 1 is 1.05 bits per heavy atom. The van der Waals surface area contributed by atoms with Gasteiger partial charge in [0.25, 0.3) is 0 Å². The van der Waals surface area contributed by atoms with Crippen LogP contribution in [-0.2, 0) is 28.8 Å². The number of rotatable bonds is 10. The minimum Gasteiger partial charge on any atom is -0.544 e. The molecule has 0 spiro atoms. The van der Waals surface area contributed by atoms with Crippen LogP contribution < -0.4 is 28.7 Å². The summed E-state index contributed by atoms with van der Waals surface area (Å²) in [6, 6.07) is 10.8. The summed E-state index contributed by atoms with van der Waals surface area (Å²) in [6.07, 6.45) is 1.20. The van der Waals surface area contributed by atoms with Crippen molar-refractivity contribution in [3.8, 4) is 40.6 Å². The highest BCUT2D eigenvalue weighted by molar-refractivity contribution is 6.74. The highest BCUT2D eigenvalue weighted by Crippen LogP contribution is 2.58. The van der Waals surface area contributed by atoms with Gasteiger partial charge in [-0.05, 0) is 80.7 Å². The van der Waals surface area contributed by atoms with Crippen molar-refractivity contribution < 1.29 is 38.0 Å². The van der Waals surface area contributed by atoms with E-state index in [9.17, 15) is 15.2 Å². The number of nitrogens with zero attached hydrogens (tertiary/aromatic N) is 3. The number of carbonyl (C=O) groups excluding carboxylic acids is 1. The zero-order valence-corrected chi connectivity index (χ0v) is 34.7. The van der Waals surface area contributed by atoms with Crippen LogP contribution in [0.3, 0.4) is 0 Å². The van der Waals surface area contributed by atoms with Crippen molar-refractivity contribution in [2.24, 2.45) is 0 Å². The Labute approximate surface area is 325 Å². The number of phenols is 1. The van der Waals surface area contributed by atoms with Gasteiger partial charge in [-0.2, -0.15) is 5.26 Å². The second-order valence-corrected chi connectivity index (χ2v) is 21.5. The molecule has 0 aliphatic carbocycles. The molecule has 0 aromatic heterocycles. The van der Waals surface area contributed by atoms with Gasteiger partial charge in [-0.25, -0.2) is 0 Å². The summed E-state index contributed by atoms with van der Waals surface area (Å²) in [5, 5.41) is 26.1. The monoisotopic (exact) mass is 770 g/mol. The molecule has 7 rings (SSSR count). The van der Waals surface area contributed by atoms with Gasteiger partial charge in [0.15, 0.2) is 29.8 Å². The number of ether oxygens (including phenoxy) is 5. The van der Waals surface area contributed by atoms with E-state index < -0.39 is 20.4 Å². The van der Waals surface area contributed by atoms with E-state index in [2.05, 4.69) is 68.2 Å². The topological polar surface area (TPSA) is 135 Å². The number of hydrogen-bond donors (Lipinski definition) is 2. The summed E-state index contributed by atoms with van der Waals surface area (Å²) in [5.74, 6) is 3.10. The molecule has 4 aliphatic rings. The number of fused-ring (bicyclic) bond motifs is 9. The Morgan fingerprint density at radius 2 is 1.76 bits per heavy atom. The number of methoxy groups -OCH3 is 2. The summed E-state index contributed by atoms with van der Waals surface area (Å²) in [6.45, 7) is 15.1. The molecule has 294 valence electrons. The number of nitrogens with one attached hydrogen (secondary N) is 1. The molecule has 0 saturated carbocycles. The fourth-order valence-corrected chi connectivity index (χ4v) is 9.89. The second kappa shape index (κ2) is 14.5. The lowest BCUT2D eigenvalue weighted by atomic mass is 9.71. The van der Waals surface area contributed by atoms with Crippen LogP contribution >= 0.6 is 0 Å². The molecule has 1 saturated heterocycles. The van der Waals surface area contributed by atoms with Gasteiger partial charge in [-0.15, -0.1) is 0 Å². The number of nitriles is 1. The number of aromatic hydroxyl groups is 1. The smallest absolute Gasteiger partial charge is 0.250 e. The Balaban J connectivity index is 1.26. The molecule has 5 atom stereocenters. The number of phenolic OH excluding ortho intramolecular Hbond substituents is 1. The van der Waals surface area contributed by atoms with Gasteiger partial charge in [0.1, 0.15) is 17.5 Å². The molecule has 3 aromatic rings. The summed E-state index contributed by atoms with van der Waals surface area (Å²) in [7, 11) is 3.28. The third-order valence-electron chi connectivity index (χ3n) is 12.6. The first-order valence-electron chi connectivity index (χ1n) is 19.0. The molecule has 4 aliphatic heterocycles. The largest absolute Gasteiger partial charge is 0.544 e. The predicted molar refractivity (Wildman–Crippen MR) is 210 cm³/mol. The van der Waals surface area contributed by atoms with Gasteiger partial charge in [-0.3, -0.25) is 14.6 Å². The molecule has 2 N–H and O–H groups in total. The molecule has 4 heterocycles. The average molecular weight is 771 g/mol. The molecule has 1 fully saturated rings. The second-order valence-electron chi connectivity index (χ2n) is 16.8. The zero-order chi connectivity index (χ0) is 39.6. The summed E-state index contributed by atoms with van der Waals surface area (Å²) < 4.78 is 36.1. The highest BCUT2D eigenvalue weighted by Gasteiger charge is 2.57. The van der Waals surface area contributed by atoms with Crippen LogP contribution in [0.1, 0.15) is 71.8 Å². The van der Waals surface area contributed by atoms with E-state index in [-0.39, 0.29) is 61.4 Å². The van der Waals surface area contributed by atoms with Gasteiger partial charge >= 0.3 is 0 Å². The van der Waals surface area contributed by atoms with E-state index in [0.717, 1.165) is 39.1 Å². The highest BCUT2D eigenvalue weighted by atomic mass is 28.4. The number of benzene rings is 3. The van der Waals surface area contributed by atoms with Crippen LogP contribution in [0.25, 0.3) is 0 Å². The van der Waals surface area contributed by atoms with E-state index in [1.807, 2.05) is 38.1 Å². The van der Waals surface area contributed by atoms with Gasteiger partial charge in [-0.1, -0.05) is 39.0 Å². The van der Waals surface area contributed by atoms with Crippen LogP contribution in [0, 0.1) is 25.2 Å². The van der Waals surface area contributed by atoms with Crippen molar-refractivity contribution in [3.63, 3.8) is 0 Å². The standard InChI is InChI=1S/C42H54N4O8Si/c1-23-15-26-17-29-31(19-43)46-30(36(45(29)6)34(26)40(38(23)50-8)51-21-49-7)18-28-35(41-39(52-22-53-41)24(2)37(28)48)32(46)20-44-33(47)16-25-11-13-27(14-12-25)54-55(9,10)42(3,4)5/h11-15,29-32,36,48H,16-18,20-22H2,1-10H3,(H,44,47)/t29-,30+,31+,32+,36+/m1/s1. The number of likely N-dealkylation sites (N-methyl/N-ethyl adjacent to an activating group) is 1. The maximum absolute atomic E-state index is 13.8. The van der Waals surface area contributed by atoms with Crippen LogP contribution in [0.2, 0.25) is 18.1 Å². The molecule has 3 aromatic carbocycles. The molecule has 0 radical (unpaired) electrons. The van der Waals surface area contributed by atoms with E-state index in [4.69, 9.17) is 28.1 Å². The number of piperazine rings is 1. The fraction of sp³-hybridized carbons (Fsp3) is 0.524. The van der Waals surface area contributed by atoms with Gasteiger partial charge in [0.05, 0.1) is 31.7 Å². The van der Waals surface area contributed by atoms with E-state index in [0.29, 0.717) is 41.4 Å². The minimum absolute atomic E-state index is 0.0199. The number of hydrogen-bond acceptors (Lipinski definition) is 11.